The van der Waals surface area contributed by atoms with Crippen LogP contribution in [0, 0.1) is 0 Å². The van der Waals surface area contributed by atoms with Gasteiger partial charge in [0.25, 0.3) is 11.7 Å². The maximum absolute atomic E-state index is 13.4. The summed E-state index contributed by atoms with van der Waals surface area (Å²) in [5, 5.41) is 11.3. The van der Waals surface area contributed by atoms with E-state index in [1.807, 2.05) is 19.1 Å². The van der Waals surface area contributed by atoms with Crippen LogP contribution in [0.5, 0.6) is 17.2 Å². The fourth-order valence-electron chi connectivity index (χ4n) is 4.46. The number of hydrogen-bond acceptors (Lipinski definition) is 6. The van der Waals surface area contributed by atoms with Gasteiger partial charge in [-0.3, -0.25) is 14.5 Å². The van der Waals surface area contributed by atoms with Crippen LogP contribution in [-0.2, 0) is 16.0 Å². The Morgan fingerprint density at radius 1 is 1.00 bits per heavy atom. The predicted octanol–water partition coefficient (Wildman–Crippen LogP) is 4.66. The van der Waals surface area contributed by atoms with E-state index in [1.54, 1.807) is 61.7 Å². The molecule has 0 saturated carbocycles. The first kappa shape index (κ1) is 22.5. The largest absolute Gasteiger partial charge is 0.507 e. The number of Topliss-reactive ketones (excluding diaryl/α,β-unsaturated/α-hetero) is 1. The molecule has 1 saturated heterocycles. The van der Waals surface area contributed by atoms with E-state index < -0.39 is 17.7 Å². The maximum Gasteiger partial charge on any atom is 0.300 e. The van der Waals surface area contributed by atoms with Gasteiger partial charge in [0, 0.05) is 17.3 Å². The summed E-state index contributed by atoms with van der Waals surface area (Å²) in [6.45, 7) is 2.87. The molecule has 3 aromatic carbocycles. The van der Waals surface area contributed by atoms with Crippen molar-refractivity contribution in [1.29, 1.82) is 0 Å². The van der Waals surface area contributed by atoms with Gasteiger partial charge in [0.05, 0.1) is 18.7 Å². The van der Waals surface area contributed by atoms with Gasteiger partial charge in [-0.1, -0.05) is 43.3 Å². The van der Waals surface area contributed by atoms with Crippen LogP contribution >= 0.6 is 0 Å². The lowest BCUT2D eigenvalue weighted by Gasteiger charge is -2.27. The van der Waals surface area contributed by atoms with E-state index in [4.69, 9.17) is 14.2 Å². The summed E-state index contributed by atoms with van der Waals surface area (Å²) in [7, 11) is 1.55. The molecule has 0 spiro atoms. The molecular formula is C28H25NO6. The molecule has 0 aliphatic carbocycles. The van der Waals surface area contributed by atoms with Crippen LogP contribution in [0.1, 0.15) is 29.7 Å². The Morgan fingerprint density at radius 2 is 1.74 bits per heavy atom. The van der Waals surface area contributed by atoms with Crippen LogP contribution in [0.25, 0.3) is 5.76 Å². The normalized spacial score (nSPS) is 18.6. The summed E-state index contributed by atoms with van der Waals surface area (Å²) in [6.07, 6.45) is 0.847. The maximum atomic E-state index is 13.4. The van der Waals surface area contributed by atoms with Crippen LogP contribution in [-0.4, -0.2) is 37.1 Å². The van der Waals surface area contributed by atoms with Gasteiger partial charge < -0.3 is 19.3 Å². The summed E-state index contributed by atoms with van der Waals surface area (Å²) in [5.74, 6) is -0.0758. The van der Waals surface area contributed by atoms with E-state index in [0.717, 1.165) is 12.0 Å². The first-order valence-corrected chi connectivity index (χ1v) is 11.5. The highest BCUT2D eigenvalue weighted by Gasteiger charge is 2.47. The fraction of sp³-hybridized carbons (Fsp3) is 0.214. The van der Waals surface area contributed by atoms with Crippen molar-refractivity contribution in [3.05, 3.63) is 89.0 Å². The van der Waals surface area contributed by atoms with Crippen molar-refractivity contribution in [2.24, 2.45) is 0 Å². The highest BCUT2D eigenvalue weighted by atomic mass is 16.6. The van der Waals surface area contributed by atoms with E-state index in [0.29, 0.717) is 47.3 Å². The first-order valence-electron chi connectivity index (χ1n) is 11.5. The minimum atomic E-state index is -0.862. The third kappa shape index (κ3) is 3.99. The Kier molecular flexibility index (Phi) is 5.91. The van der Waals surface area contributed by atoms with E-state index in [2.05, 4.69) is 0 Å². The summed E-state index contributed by atoms with van der Waals surface area (Å²) in [6, 6.07) is 18.7. The highest BCUT2D eigenvalue weighted by Crippen LogP contribution is 2.45. The Hall–Kier alpha value is -4.26. The number of carbonyl (C=O) groups is 2. The molecule has 178 valence electrons. The second kappa shape index (κ2) is 9.18. The molecule has 1 unspecified atom stereocenters. The molecule has 2 aliphatic rings. The van der Waals surface area contributed by atoms with E-state index >= 15 is 0 Å². The third-order valence-electron chi connectivity index (χ3n) is 6.29. The number of aryl methyl sites for hydroxylation is 1. The molecule has 2 heterocycles. The monoisotopic (exact) mass is 471 g/mol. The molecule has 0 radical (unpaired) electrons. The second-order valence-electron chi connectivity index (χ2n) is 8.32. The van der Waals surface area contributed by atoms with Crippen molar-refractivity contribution >= 4 is 23.1 Å². The zero-order chi connectivity index (χ0) is 24.5. The van der Waals surface area contributed by atoms with Crippen LogP contribution in [0.4, 0.5) is 5.69 Å². The smallest absolute Gasteiger partial charge is 0.300 e. The number of rotatable bonds is 5. The number of ether oxygens (including phenoxy) is 3. The number of amides is 1. The first-order chi connectivity index (χ1) is 17.0. The number of aliphatic hydroxyl groups is 1. The lowest BCUT2D eigenvalue weighted by atomic mass is 9.94. The minimum absolute atomic E-state index is 0.0161. The zero-order valence-corrected chi connectivity index (χ0v) is 19.5. The summed E-state index contributed by atoms with van der Waals surface area (Å²) in [5.41, 5.74) is 2.68. The van der Waals surface area contributed by atoms with Gasteiger partial charge in [0.15, 0.2) is 11.5 Å². The molecular weight excluding hydrogens is 446 g/mol. The molecule has 1 amide bonds. The lowest BCUT2D eigenvalue weighted by molar-refractivity contribution is -0.132. The van der Waals surface area contributed by atoms with Crippen LogP contribution in [0.2, 0.25) is 0 Å². The highest BCUT2D eigenvalue weighted by molar-refractivity contribution is 6.51. The number of anilines is 1. The van der Waals surface area contributed by atoms with Crippen LogP contribution in [0.15, 0.2) is 72.3 Å². The molecule has 35 heavy (non-hydrogen) atoms. The van der Waals surface area contributed by atoms with Crippen molar-refractivity contribution in [2.45, 2.75) is 19.4 Å². The van der Waals surface area contributed by atoms with Crippen molar-refractivity contribution < 1.29 is 28.9 Å². The molecule has 2 aliphatic heterocycles. The fourth-order valence-corrected chi connectivity index (χ4v) is 4.46. The average molecular weight is 472 g/mol. The van der Waals surface area contributed by atoms with Crippen molar-refractivity contribution in [3.63, 3.8) is 0 Å². The quantitative estimate of drug-likeness (QED) is 0.331. The molecule has 0 bridgehead atoms. The van der Waals surface area contributed by atoms with Crippen molar-refractivity contribution in [2.75, 3.05) is 25.2 Å². The summed E-state index contributed by atoms with van der Waals surface area (Å²) < 4.78 is 16.7. The third-order valence-corrected chi connectivity index (χ3v) is 6.29. The predicted molar refractivity (Wildman–Crippen MR) is 131 cm³/mol. The number of hydrogen-bond donors (Lipinski definition) is 1. The standard InChI is InChI=1S/C28H25NO6/c1-3-17-7-9-18(10-8-17)26(30)24-25(19-5-4-6-21(15-19)33-2)29(28(32)27(24)31)20-11-12-22-23(16-20)35-14-13-34-22/h4-12,15-16,25,30H,3,13-14H2,1-2H3/b26-24+. The Labute approximate surface area is 203 Å². The van der Waals surface area contributed by atoms with Crippen molar-refractivity contribution in [3.8, 4) is 17.2 Å². The van der Waals surface area contributed by atoms with E-state index in [1.165, 1.54) is 4.90 Å². The Balaban J connectivity index is 1.69. The minimum Gasteiger partial charge on any atom is -0.507 e. The van der Waals surface area contributed by atoms with Gasteiger partial charge in [-0.05, 0) is 41.8 Å². The van der Waals surface area contributed by atoms with E-state index in [-0.39, 0.29) is 11.3 Å². The second-order valence-corrected chi connectivity index (χ2v) is 8.32. The zero-order valence-electron chi connectivity index (χ0n) is 19.5. The van der Waals surface area contributed by atoms with Crippen molar-refractivity contribution in [1.82, 2.24) is 0 Å². The number of ketones is 1. The molecule has 7 nitrogen and oxygen atoms in total. The number of carbonyl (C=O) groups excluding carboxylic acids is 2. The molecule has 3 aromatic rings. The van der Waals surface area contributed by atoms with E-state index in [9.17, 15) is 14.7 Å². The molecule has 1 fully saturated rings. The van der Waals surface area contributed by atoms with Gasteiger partial charge in [0.2, 0.25) is 0 Å². The number of nitrogens with zero attached hydrogens (tertiary/aromatic N) is 1. The molecule has 0 aromatic heterocycles. The van der Waals surface area contributed by atoms with Gasteiger partial charge in [0.1, 0.15) is 24.7 Å². The van der Waals surface area contributed by atoms with Gasteiger partial charge in [-0.15, -0.1) is 0 Å². The summed E-state index contributed by atoms with van der Waals surface area (Å²) in [4.78, 5) is 28.1. The molecule has 1 N–H and O–H groups in total. The lowest BCUT2D eigenvalue weighted by Crippen LogP contribution is -2.29. The van der Waals surface area contributed by atoms with Gasteiger partial charge in [-0.2, -0.15) is 0 Å². The molecule has 5 rings (SSSR count). The van der Waals surface area contributed by atoms with Gasteiger partial charge in [-0.25, -0.2) is 0 Å². The SMILES string of the molecule is CCc1ccc(/C(O)=C2\C(=O)C(=O)N(c3ccc4c(c3)OCCO4)C2c2cccc(OC)c2)cc1. The number of methoxy groups -OCH3 is 1. The Bertz CT molecular complexity index is 1330. The number of benzene rings is 3. The number of aliphatic hydroxyl groups excluding tert-OH is 1. The van der Waals surface area contributed by atoms with Crippen LogP contribution < -0.4 is 19.1 Å². The molecule has 1 atom stereocenters. The van der Waals surface area contributed by atoms with Gasteiger partial charge >= 0.3 is 0 Å². The summed E-state index contributed by atoms with van der Waals surface area (Å²) >= 11 is 0. The number of fused-ring (bicyclic) bond motifs is 1. The molecule has 7 heteroatoms. The topological polar surface area (TPSA) is 85.3 Å². The Morgan fingerprint density at radius 3 is 2.46 bits per heavy atom. The average Bonchev–Trinajstić information content (AvgIpc) is 3.18. The van der Waals surface area contributed by atoms with Crippen LogP contribution in [0.3, 0.4) is 0 Å².